The summed E-state index contributed by atoms with van der Waals surface area (Å²) in [6.07, 6.45) is 0. The molecule has 0 unspecified atom stereocenters. The number of hydrogen-bond donors (Lipinski definition) is 2. The summed E-state index contributed by atoms with van der Waals surface area (Å²) in [4.78, 5) is 22.0. The fourth-order valence-corrected chi connectivity index (χ4v) is 2.21. The van der Waals surface area contributed by atoms with Crippen LogP contribution in [0.4, 0.5) is 11.4 Å². The standard InChI is InChI=1S/C14H10BrN3O3S/c15-11-3-1-2-4-12(11)16-14(22)17-13(19)9-5-7-10(8-6-9)18(20)21/h1-8H,(H2,16,17,19,22). The quantitative estimate of drug-likeness (QED) is 0.484. The van der Waals surface area contributed by atoms with Crippen molar-refractivity contribution in [2.75, 3.05) is 5.32 Å². The minimum absolute atomic E-state index is 0.0783. The molecule has 22 heavy (non-hydrogen) atoms. The van der Waals surface area contributed by atoms with E-state index in [9.17, 15) is 14.9 Å². The van der Waals surface area contributed by atoms with Crippen LogP contribution in [-0.4, -0.2) is 15.9 Å². The van der Waals surface area contributed by atoms with Gasteiger partial charge in [-0.3, -0.25) is 20.2 Å². The fraction of sp³-hybridized carbons (Fsp3) is 0. The molecule has 1 amide bonds. The number of carbonyl (C=O) groups is 1. The van der Waals surface area contributed by atoms with Gasteiger partial charge in [0.2, 0.25) is 0 Å². The second-order valence-electron chi connectivity index (χ2n) is 4.19. The third kappa shape index (κ3) is 4.09. The van der Waals surface area contributed by atoms with Crippen LogP contribution in [0.2, 0.25) is 0 Å². The zero-order valence-electron chi connectivity index (χ0n) is 11.1. The van der Waals surface area contributed by atoms with E-state index < -0.39 is 10.8 Å². The number of nitrogens with one attached hydrogen (secondary N) is 2. The highest BCUT2D eigenvalue weighted by molar-refractivity contribution is 9.10. The number of nitro groups is 1. The molecule has 0 aromatic heterocycles. The number of benzene rings is 2. The maximum atomic E-state index is 12.0. The zero-order valence-corrected chi connectivity index (χ0v) is 13.5. The molecule has 0 saturated carbocycles. The highest BCUT2D eigenvalue weighted by Gasteiger charge is 2.11. The predicted octanol–water partition coefficient (Wildman–Crippen LogP) is 3.48. The van der Waals surface area contributed by atoms with E-state index in [0.29, 0.717) is 0 Å². The van der Waals surface area contributed by atoms with E-state index in [0.717, 1.165) is 10.2 Å². The predicted molar refractivity (Wildman–Crippen MR) is 90.9 cm³/mol. The van der Waals surface area contributed by atoms with Crippen molar-refractivity contribution in [2.24, 2.45) is 0 Å². The number of amides is 1. The van der Waals surface area contributed by atoms with Gasteiger partial charge >= 0.3 is 0 Å². The summed E-state index contributed by atoms with van der Waals surface area (Å²) in [6.45, 7) is 0. The van der Waals surface area contributed by atoms with Crippen LogP contribution < -0.4 is 10.6 Å². The Balaban J connectivity index is 2.01. The molecule has 2 aromatic carbocycles. The average molecular weight is 380 g/mol. The molecule has 0 aliphatic carbocycles. The van der Waals surface area contributed by atoms with Gasteiger partial charge in [0.05, 0.1) is 10.6 Å². The van der Waals surface area contributed by atoms with E-state index in [-0.39, 0.29) is 16.4 Å². The first-order chi connectivity index (χ1) is 10.5. The average Bonchev–Trinajstić information content (AvgIpc) is 2.49. The van der Waals surface area contributed by atoms with Crippen LogP contribution in [0, 0.1) is 10.1 Å². The lowest BCUT2D eigenvalue weighted by atomic mass is 10.2. The molecule has 0 aliphatic heterocycles. The Morgan fingerprint density at radius 1 is 1.14 bits per heavy atom. The van der Waals surface area contributed by atoms with Crippen LogP contribution in [0.3, 0.4) is 0 Å². The first-order valence-corrected chi connectivity index (χ1v) is 7.29. The number of para-hydroxylation sites is 1. The van der Waals surface area contributed by atoms with Gasteiger partial charge in [-0.25, -0.2) is 0 Å². The molecule has 0 aliphatic rings. The van der Waals surface area contributed by atoms with E-state index in [1.54, 1.807) is 6.07 Å². The smallest absolute Gasteiger partial charge is 0.269 e. The molecule has 0 spiro atoms. The molecule has 2 aromatic rings. The molecule has 0 heterocycles. The minimum Gasteiger partial charge on any atom is -0.331 e. The molecule has 2 N–H and O–H groups in total. The van der Waals surface area contributed by atoms with Crippen molar-refractivity contribution in [3.05, 3.63) is 68.7 Å². The van der Waals surface area contributed by atoms with E-state index in [2.05, 4.69) is 26.6 Å². The van der Waals surface area contributed by atoms with Crippen molar-refractivity contribution in [3.8, 4) is 0 Å². The van der Waals surface area contributed by atoms with Crippen molar-refractivity contribution in [1.29, 1.82) is 0 Å². The summed E-state index contributed by atoms with van der Waals surface area (Å²) in [7, 11) is 0. The third-order valence-electron chi connectivity index (χ3n) is 2.69. The van der Waals surface area contributed by atoms with Gasteiger partial charge in [0.15, 0.2) is 5.11 Å². The molecule has 0 saturated heterocycles. The Morgan fingerprint density at radius 2 is 1.77 bits per heavy atom. The second kappa shape index (κ2) is 7.10. The first-order valence-electron chi connectivity index (χ1n) is 6.08. The lowest BCUT2D eigenvalue weighted by molar-refractivity contribution is -0.384. The van der Waals surface area contributed by atoms with Crippen LogP contribution in [0.15, 0.2) is 53.0 Å². The molecular weight excluding hydrogens is 370 g/mol. The van der Waals surface area contributed by atoms with Gasteiger partial charge in [-0.15, -0.1) is 0 Å². The van der Waals surface area contributed by atoms with Crippen molar-refractivity contribution in [3.63, 3.8) is 0 Å². The molecule has 0 bridgehead atoms. The van der Waals surface area contributed by atoms with Crippen molar-refractivity contribution in [2.45, 2.75) is 0 Å². The number of hydrogen-bond acceptors (Lipinski definition) is 4. The molecule has 0 atom stereocenters. The Bertz CT molecular complexity index is 734. The highest BCUT2D eigenvalue weighted by Crippen LogP contribution is 2.21. The Kier molecular flexibility index (Phi) is 5.18. The van der Waals surface area contributed by atoms with Gasteiger partial charge in [0.1, 0.15) is 0 Å². The SMILES string of the molecule is O=C(NC(=S)Nc1ccccc1Br)c1ccc([N+](=O)[O-])cc1. The van der Waals surface area contributed by atoms with Crippen LogP contribution >= 0.6 is 28.1 Å². The summed E-state index contributed by atoms with van der Waals surface area (Å²) in [5.41, 5.74) is 0.920. The van der Waals surface area contributed by atoms with Gasteiger partial charge in [0, 0.05) is 22.2 Å². The van der Waals surface area contributed by atoms with Gasteiger partial charge < -0.3 is 5.32 Å². The molecule has 8 heteroatoms. The summed E-state index contributed by atoms with van der Waals surface area (Å²) < 4.78 is 0.807. The van der Waals surface area contributed by atoms with E-state index in [4.69, 9.17) is 12.2 Å². The van der Waals surface area contributed by atoms with Crippen molar-refractivity contribution >= 4 is 50.5 Å². The van der Waals surface area contributed by atoms with Gasteiger partial charge in [0.25, 0.3) is 11.6 Å². The summed E-state index contributed by atoms with van der Waals surface area (Å²) in [5, 5.41) is 16.1. The van der Waals surface area contributed by atoms with Crippen LogP contribution in [0.25, 0.3) is 0 Å². The summed E-state index contributed by atoms with van der Waals surface area (Å²) in [5.74, 6) is -0.445. The number of non-ortho nitro benzene ring substituents is 1. The maximum Gasteiger partial charge on any atom is 0.269 e. The van der Waals surface area contributed by atoms with Gasteiger partial charge in [-0.2, -0.15) is 0 Å². The normalized spacial score (nSPS) is 9.86. The number of nitrogens with zero attached hydrogens (tertiary/aromatic N) is 1. The second-order valence-corrected chi connectivity index (χ2v) is 5.45. The Labute approximate surface area is 139 Å². The van der Waals surface area contributed by atoms with Crippen LogP contribution in [-0.2, 0) is 0 Å². The number of halogens is 1. The van der Waals surface area contributed by atoms with Crippen LogP contribution in [0.5, 0.6) is 0 Å². The molecule has 0 radical (unpaired) electrons. The van der Waals surface area contributed by atoms with E-state index in [1.165, 1.54) is 24.3 Å². The van der Waals surface area contributed by atoms with Crippen molar-refractivity contribution in [1.82, 2.24) is 5.32 Å². The molecule has 0 fully saturated rings. The monoisotopic (exact) mass is 379 g/mol. The van der Waals surface area contributed by atoms with E-state index >= 15 is 0 Å². The maximum absolute atomic E-state index is 12.0. The minimum atomic E-state index is -0.527. The molecule has 2 rings (SSSR count). The number of thiocarbonyl (C=S) groups is 1. The topological polar surface area (TPSA) is 84.3 Å². The molecular formula is C14H10BrN3O3S. The molecule has 6 nitrogen and oxygen atoms in total. The van der Waals surface area contributed by atoms with Crippen LogP contribution in [0.1, 0.15) is 10.4 Å². The van der Waals surface area contributed by atoms with Gasteiger partial charge in [-0.05, 0) is 52.4 Å². The largest absolute Gasteiger partial charge is 0.331 e. The number of carbonyl (C=O) groups excluding carboxylic acids is 1. The lowest BCUT2D eigenvalue weighted by Crippen LogP contribution is -2.34. The Morgan fingerprint density at radius 3 is 2.36 bits per heavy atom. The zero-order chi connectivity index (χ0) is 16.1. The number of nitro benzene ring substituents is 1. The first kappa shape index (κ1) is 16.1. The number of rotatable bonds is 3. The molecule has 112 valence electrons. The fourth-order valence-electron chi connectivity index (χ4n) is 1.63. The van der Waals surface area contributed by atoms with Gasteiger partial charge in [-0.1, -0.05) is 12.1 Å². The van der Waals surface area contributed by atoms with E-state index in [1.807, 2.05) is 18.2 Å². The van der Waals surface area contributed by atoms with Crippen molar-refractivity contribution < 1.29 is 9.72 Å². The summed E-state index contributed by atoms with van der Waals surface area (Å²) in [6, 6.07) is 12.6. The Hall–Kier alpha value is -2.32. The highest BCUT2D eigenvalue weighted by atomic mass is 79.9. The summed E-state index contributed by atoms with van der Waals surface area (Å²) >= 11 is 8.43. The lowest BCUT2D eigenvalue weighted by Gasteiger charge is -2.10. The third-order valence-corrected chi connectivity index (χ3v) is 3.59. The number of anilines is 1.